The number of fused-ring (bicyclic) bond motifs is 3. The van der Waals surface area contributed by atoms with Gasteiger partial charge in [0.25, 0.3) is 5.91 Å². The summed E-state index contributed by atoms with van der Waals surface area (Å²) in [5.41, 5.74) is 3.60. The van der Waals surface area contributed by atoms with E-state index in [1.807, 2.05) is 48.5 Å². The Bertz CT molecular complexity index is 1290. The minimum Gasteiger partial charge on any atom is -0.481 e. The van der Waals surface area contributed by atoms with Crippen molar-refractivity contribution >= 4 is 23.7 Å². The van der Waals surface area contributed by atoms with Gasteiger partial charge < -0.3 is 15.2 Å². The number of benzene rings is 3. The summed E-state index contributed by atoms with van der Waals surface area (Å²) in [7, 11) is 0. The summed E-state index contributed by atoms with van der Waals surface area (Å²) in [6.07, 6.45) is 0.128. The van der Waals surface area contributed by atoms with Crippen molar-refractivity contribution in [2.75, 3.05) is 11.9 Å². The number of carboxylic acid groups (broad SMARTS) is 1. The summed E-state index contributed by atoms with van der Waals surface area (Å²) < 4.78 is 19.7. The largest absolute Gasteiger partial charge is 0.481 e. The van der Waals surface area contributed by atoms with E-state index in [9.17, 15) is 18.8 Å². The molecule has 35 heavy (non-hydrogen) atoms. The third-order valence-electron chi connectivity index (χ3n) is 6.47. The van der Waals surface area contributed by atoms with Crippen molar-refractivity contribution in [3.8, 4) is 11.1 Å². The van der Waals surface area contributed by atoms with E-state index >= 15 is 0 Å². The van der Waals surface area contributed by atoms with Crippen molar-refractivity contribution in [2.24, 2.45) is 0 Å². The van der Waals surface area contributed by atoms with Crippen molar-refractivity contribution in [1.82, 2.24) is 5.32 Å². The second-order valence-electron chi connectivity index (χ2n) is 8.98. The van der Waals surface area contributed by atoms with E-state index in [-0.39, 0.29) is 30.2 Å². The van der Waals surface area contributed by atoms with Crippen LogP contribution in [0.25, 0.3) is 11.1 Å². The quantitative estimate of drug-likeness (QED) is 0.451. The average Bonchev–Trinajstić information content (AvgIpc) is 3.48. The third-order valence-corrected chi connectivity index (χ3v) is 6.47. The maximum Gasteiger partial charge on any atom is 0.411 e. The van der Waals surface area contributed by atoms with E-state index in [0.717, 1.165) is 34.4 Å². The van der Waals surface area contributed by atoms with Gasteiger partial charge >= 0.3 is 12.1 Å². The Hall–Kier alpha value is -4.20. The highest BCUT2D eigenvalue weighted by Gasteiger charge is 2.46. The topological polar surface area (TPSA) is 105 Å². The van der Waals surface area contributed by atoms with Gasteiger partial charge in [-0.05, 0) is 53.3 Å². The number of rotatable bonds is 7. The average molecular weight is 474 g/mol. The number of carbonyl (C=O) groups excluding carboxylic acids is 2. The zero-order valence-corrected chi connectivity index (χ0v) is 18.7. The van der Waals surface area contributed by atoms with Crippen molar-refractivity contribution in [1.29, 1.82) is 0 Å². The Morgan fingerprint density at radius 3 is 2.20 bits per heavy atom. The molecule has 0 unspecified atom stereocenters. The fourth-order valence-corrected chi connectivity index (χ4v) is 4.64. The number of nitrogens with one attached hydrogen (secondary N) is 2. The lowest BCUT2D eigenvalue weighted by atomic mass is 9.98. The highest BCUT2D eigenvalue weighted by Crippen LogP contribution is 2.44. The first-order chi connectivity index (χ1) is 16.8. The monoisotopic (exact) mass is 474 g/mol. The van der Waals surface area contributed by atoms with Gasteiger partial charge in [-0.25, -0.2) is 9.18 Å². The Morgan fingerprint density at radius 2 is 1.60 bits per heavy atom. The summed E-state index contributed by atoms with van der Waals surface area (Å²) in [4.78, 5) is 36.1. The molecule has 2 amide bonds. The zero-order chi connectivity index (χ0) is 24.6. The Kier molecular flexibility index (Phi) is 5.72. The molecule has 5 rings (SSSR count). The molecule has 0 aromatic heterocycles. The van der Waals surface area contributed by atoms with E-state index in [2.05, 4.69) is 10.6 Å². The van der Waals surface area contributed by atoms with Crippen LogP contribution in [0.1, 0.15) is 46.7 Å². The highest BCUT2D eigenvalue weighted by molar-refractivity contribution is 5.97. The van der Waals surface area contributed by atoms with E-state index in [0.29, 0.717) is 12.8 Å². The van der Waals surface area contributed by atoms with Crippen molar-refractivity contribution < 1.29 is 28.6 Å². The highest BCUT2D eigenvalue weighted by atomic mass is 19.1. The summed E-state index contributed by atoms with van der Waals surface area (Å²) in [5.74, 6) is -2.45. The summed E-state index contributed by atoms with van der Waals surface area (Å²) in [5, 5.41) is 14.2. The number of carbonyl (C=O) groups is 3. The molecule has 1 fully saturated rings. The molecule has 0 atom stereocenters. The lowest BCUT2D eigenvalue weighted by Crippen LogP contribution is -2.38. The molecular formula is C27H23FN2O5. The van der Waals surface area contributed by atoms with Gasteiger partial charge in [0.05, 0.1) is 12.0 Å². The molecule has 2 aliphatic carbocycles. The number of aliphatic carboxylic acids is 1. The van der Waals surface area contributed by atoms with E-state index in [1.165, 1.54) is 6.07 Å². The zero-order valence-electron chi connectivity index (χ0n) is 18.7. The van der Waals surface area contributed by atoms with E-state index in [1.54, 1.807) is 0 Å². The molecule has 0 saturated heterocycles. The first kappa shape index (κ1) is 22.6. The molecule has 3 aromatic carbocycles. The number of carboxylic acids is 1. The van der Waals surface area contributed by atoms with Gasteiger partial charge in [-0.3, -0.25) is 14.9 Å². The van der Waals surface area contributed by atoms with E-state index in [4.69, 9.17) is 9.84 Å². The number of amides is 2. The molecule has 0 aliphatic heterocycles. The number of halogens is 1. The van der Waals surface area contributed by atoms with Crippen LogP contribution in [0.15, 0.2) is 66.7 Å². The van der Waals surface area contributed by atoms with Gasteiger partial charge in [-0.15, -0.1) is 0 Å². The normalized spacial score (nSPS) is 15.0. The lowest BCUT2D eigenvalue weighted by Gasteiger charge is -2.16. The Balaban J connectivity index is 1.25. The van der Waals surface area contributed by atoms with Gasteiger partial charge in [0.1, 0.15) is 12.4 Å². The van der Waals surface area contributed by atoms with Gasteiger partial charge in [-0.2, -0.15) is 0 Å². The van der Waals surface area contributed by atoms with Crippen molar-refractivity contribution in [2.45, 2.75) is 30.7 Å². The summed E-state index contributed by atoms with van der Waals surface area (Å²) >= 11 is 0. The molecule has 0 bridgehead atoms. The van der Waals surface area contributed by atoms with Crippen LogP contribution < -0.4 is 10.6 Å². The van der Waals surface area contributed by atoms with Crippen molar-refractivity contribution in [3.05, 3.63) is 89.2 Å². The molecule has 0 heterocycles. The number of hydrogen-bond acceptors (Lipinski definition) is 4. The van der Waals surface area contributed by atoms with Gasteiger partial charge in [0.2, 0.25) is 0 Å². The maximum absolute atomic E-state index is 14.2. The predicted molar refractivity (Wildman–Crippen MR) is 127 cm³/mol. The minimum absolute atomic E-state index is 0.0180. The first-order valence-electron chi connectivity index (χ1n) is 11.3. The van der Waals surface area contributed by atoms with Crippen LogP contribution in [0.5, 0.6) is 0 Å². The third kappa shape index (κ3) is 4.73. The SMILES string of the molecule is O=C(O)CC1(NC(=O)c2cc(F)cc(NC(=O)OCC3c4ccccc4-c4ccccc43)c2)CC1. The second-order valence-corrected chi connectivity index (χ2v) is 8.98. The van der Waals surface area contributed by atoms with Crippen molar-refractivity contribution in [3.63, 3.8) is 0 Å². The standard InChI is InChI=1S/C27H23FN2O5/c28-17-11-16(25(33)30-27(9-10-27)14-24(31)32)12-18(13-17)29-26(34)35-15-23-21-7-3-1-5-19(21)20-6-2-4-8-22(20)23/h1-8,11-13,23H,9-10,14-15H2,(H,29,34)(H,30,33)(H,31,32). The van der Waals surface area contributed by atoms with E-state index < -0.39 is 29.3 Å². The summed E-state index contributed by atoms with van der Waals surface area (Å²) in [6.45, 7) is 0.0974. The minimum atomic E-state index is -1.01. The van der Waals surface area contributed by atoms with Crippen LogP contribution in [0.3, 0.4) is 0 Å². The van der Waals surface area contributed by atoms with Crippen LogP contribution in [0.4, 0.5) is 14.9 Å². The molecule has 0 spiro atoms. The molecule has 0 radical (unpaired) electrons. The molecule has 3 aromatic rings. The molecule has 3 N–H and O–H groups in total. The molecule has 178 valence electrons. The Labute approximate surface area is 200 Å². The predicted octanol–water partition coefficient (Wildman–Crippen LogP) is 4.92. The molecule has 1 saturated carbocycles. The van der Waals surface area contributed by atoms with Crippen LogP contribution in [-0.4, -0.2) is 35.2 Å². The Morgan fingerprint density at radius 1 is 0.971 bits per heavy atom. The number of anilines is 1. The first-order valence-corrected chi connectivity index (χ1v) is 11.3. The fourth-order valence-electron chi connectivity index (χ4n) is 4.64. The van der Waals surface area contributed by atoms with Crippen LogP contribution >= 0.6 is 0 Å². The van der Waals surface area contributed by atoms with Gasteiger partial charge in [-0.1, -0.05) is 48.5 Å². The fraction of sp³-hybridized carbons (Fsp3) is 0.222. The van der Waals surface area contributed by atoms with Crippen LogP contribution in [-0.2, 0) is 9.53 Å². The smallest absolute Gasteiger partial charge is 0.411 e. The maximum atomic E-state index is 14.2. The number of hydrogen-bond donors (Lipinski definition) is 3. The molecule has 7 nitrogen and oxygen atoms in total. The molecule has 8 heteroatoms. The second kappa shape index (κ2) is 8.87. The summed E-state index contributed by atoms with van der Waals surface area (Å²) in [6, 6.07) is 19.4. The van der Waals surface area contributed by atoms with Gasteiger partial charge in [0.15, 0.2) is 0 Å². The molecule has 2 aliphatic rings. The number of ether oxygens (including phenoxy) is 1. The molecular weight excluding hydrogens is 451 g/mol. The van der Waals surface area contributed by atoms with Crippen LogP contribution in [0, 0.1) is 5.82 Å². The van der Waals surface area contributed by atoms with Gasteiger partial charge in [0, 0.05) is 17.2 Å². The van der Waals surface area contributed by atoms with Crippen LogP contribution in [0.2, 0.25) is 0 Å². The lowest BCUT2D eigenvalue weighted by molar-refractivity contribution is -0.137.